The van der Waals surface area contributed by atoms with Crippen molar-refractivity contribution in [1.82, 2.24) is 10.2 Å². The van der Waals surface area contributed by atoms with Crippen molar-refractivity contribution < 1.29 is 14.7 Å². The fourth-order valence-corrected chi connectivity index (χ4v) is 2.29. The average Bonchev–Trinajstić information content (AvgIpc) is 2.41. The highest BCUT2D eigenvalue weighted by atomic mass is 32.2. The Labute approximate surface area is 119 Å². The van der Waals surface area contributed by atoms with Crippen molar-refractivity contribution in [2.75, 3.05) is 0 Å². The standard InChI is InChI=1S/C13H11N3O3S/c1-7-2-3-8(6-9(7)13(18)19)20-11-5-4-10(12(14)17)15-16-11/h2-6H,1H3,(H2,14,17)(H,18,19). The molecule has 7 heteroatoms. The van der Waals surface area contributed by atoms with Gasteiger partial charge in [-0.1, -0.05) is 17.8 Å². The van der Waals surface area contributed by atoms with Crippen LogP contribution < -0.4 is 5.73 Å². The molecule has 0 aliphatic heterocycles. The van der Waals surface area contributed by atoms with Gasteiger partial charge < -0.3 is 10.8 Å². The van der Waals surface area contributed by atoms with Gasteiger partial charge in [0.1, 0.15) is 5.03 Å². The quantitative estimate of drug-likeness (QED) is 0.887. The number of carboxylic acids is 1. The molecule has 0 aliphatic carbocycles. The van der Waals surface area contributed by atoms with Crippen molar-refractivity contribution in [3.63, 3.8) is 0 Å². The van der Waals surface area contributed by atoms with E-state index in [0.717, 1.165) is 4.90 Å². The van der Waals surface area contributed by atoms with Gasteiger partial charge in [-0.3, -0.25) is 4.79 Å². The van der Waals surface area contributed by atoms with Crippen LogP contribution in [0.3, 0.4) is 0 Å². The Balaban J connectivity index is 2.23. The molecule has 1 aromatic heterocycles. The van der Waals surface area contributed by atoms with Crippen LogP contribution in [0.15, 0.2) is 40.3 Å². The molecule has 0 fully saturated rings. The first-order chi connectivity index (χ1) is 9.47. The van der Waals surface area contributed by atoms with Crippen LogP contribution in [0.25, 0.3) is 0 Å². The van der Waals surface area contributed by atoms with E-state index in [1.165, 1.54) is 17.8 Å². The first kappa shape index (κ1) is 14.0. The van der Waals surface area contributed by atoms with E-state index >= 15 is 0 Å². The summed E-state index contributed by atoms with van der Waals surface area (Å²) in [5.74, 6) is -1.61. The predicted octanol–water partition coefficient (Wildman–Crippen LogP) is 1.73. The Bertz CT molecular complexity index is 671. The Morgan fingerprint density at radius 3 is 2.50 bits per heavy atom. The largest absolute Gasteiger partial charge is 0.478 e. The van der Waals surface area contributed by atoms with Crippen molar-refractivity contribution >= 4 is 23.6 Å². The number of amides is 1. The molecule has 0 atom stereocenters. The number of rotatable bonds is 4. The number of benzene rings is 1. The monoisotopic (exact) mass is 289 g/mol. The number of aromatic carboxylic acids is 1. The van der Waals surface area contributed by atoms with E-state index in [9.17, 15) is 9.59 Å². The molecular weight excluding hydrogens is 278 g/mol. The van der Waals surface area contributed by atoms with Gasteiger partial charge in [0.05, 0.1) is 5.56 Å². The minimum Gasteiger partial charge on any atom is -0.478 e. The second-order valence-corrected chi connectivity index (χ2v) is 5.10. The van der Waals surface area contributed by atoms with E-state index < -0.39 is 11.9 Å². The highest BCUT2D eigenvalue weighted by molar-refractivity contribution is 7.99. The van der Waals surface area contributed by atoms with Crippen LogP contribution in [0.4, 0.5) is 0 Å². The highest BCUT2D eigenvalue weighted by Crippen LogP contribution is 2.27. The topological polar surface area (TPSA) is 106 Å². The lowest BCUT2D eigenvalue weighted by Crippen LogP contribution is -2.13. The van der Waals surface area contributed by atoms with Crippen molar-refractivity contribution in [2.45, 2.75) is 16.8 Å². The number of carbonyl (C=O) groups is 2. The molecule has 0 radical (unpaired) electrons. The zero-order valence-corrected chi connectivity index (χ0v) is 11.3. The Morgan fingerprint density at radius 2 is 1.95 bits per heavy atom. The molecule has 2 rings (SSSR count). The summed E-state index contributed by atoms with van der Waals surface area (Å²) in [6, 6.07) is 8.20. The Hall–Kier alpha value is -2.41. The number of primary amides is 1. The molecule has 0 spiro atoms. The van der Waals surface area contributed by atoms with Crippen molar-refractivity contribution in [2.24, 2.45) is 5.73 Å². The Morgan fingerprint density at radius 1 is 1.20 bits per heavy atom. The lowest BCUT2D eigenvalue weighted by molar-refractivity contribution is 0.0695. The van der Waals surface area contributed by atoms with Gasteiger partial charge in [-0.25, -0.2) is 4.79 Å². The second kappa shape index (κ2) is 5.70. The van der Waals surface area contributed by atoms with Gasteiger partial charge in [-0.05, 0) is 36.8 Å². The summed E-state index contributed by atoms with van der Waals surface area (Å²) in [4.78, 5) is 22.7. The van der Waals surface area contributed by atoms with Gasteiger partial charge in [0.15, 0.2) is 5.69 Å². The van der Waals surface area contributed by atoms with Crippen LogP contribution in [0.2, 0.25) is 0 Å². The van der Waals surface area contributed by atoms with E-state index in [4.69, 9.17) is 10.8 Å². The van der Waals surface area contributed by atoms with Gasteiger partial charge in [0, 0.05) is 4.90 Å². The fraction of sp³-hybridized carbons (Fsp3) is 0.0769. The van der Waals surface area contributed by atoms with Crippen LogP contribution in [0, 0.1) is 6.92 Å². The van der Waals surface area contributed by atoms with Crippen LogP contribution >= 0.6 is 11.8 Å². The third kappa shape index (κ3) is 3.12. The van der Waals surface area contributed by atoms with Crippen LogP contribution in [-0.4, -0.2) is 27.2 Å². The molecule has 20 heavy (non-hydrogen) atoms. The summed E-state index contributed by atoms with van der Waals surface area (Å²) < 4.78 is 0. The van der Waals surface area contributed by atoms with E-state index in [1.54, 1.807) is 31.2 Å². The average molecular weight is 289 g/mol. The SMILES string of the molecule is Cc1ccc(Sc2ccc(C(N)=O)nn2)cc1C(=O)O. The van der Waals surface area contributed by atoms with Gasteiger partial charge in [-0.2, -0.15) is 0 Å². The lowest BCUT2D eigenvalue weighted by atomic mass is 10.1. The third-order valence-corrected chi connectivity index (χ3v) is 3.47. The highest BCUT2D eigenvalue weighted by Gasteiger charge is 2.10. The number of nitrogens with two attached hydrogens (primary N) is 1. The van der Waals surface area contributed by atoms with Gasteiger partial charge in [-0.15, -0.1) is 10.2 Å². The zero-order chi connectivity index (χ0) is 14.7. The van der Waals surface area contributed by atoms with Crippen molar-refractivity contribution in [3.8, 4) is 0 Å². The van der Waals surface area contributed by atoms with Crippen LogP contribution in [0.1, 0.15) is 26.4 Å². The molecule has 3 N–H and O–H groups in total. The molecular formula is C13H11N3O3S. The van der Waals surface area contributed by atoms with Crippen LogP contribution in [-0.2, 0) is 0 Å². The minimum atomic E-state index is -0.972. The maximum absolute atomic E-state index is 11.1. The molecule has 1 aromatic carbocycles. The normalized spacial score (nSPS) is 10.2. The first-order valence-electron chi connectivity index (χ1n) is 5.62. The molecule has 1 heterocycles. The summed E-state index contributed by atoms with van der Waals surface area (Å²) in [5, 5.41) is 17.2. The molecule has 6 nitrogen and oxygen atoms in total. The molecule has 0 unspecified atom stereocenters. The Kier molecular flexibility index (Phi) is 3.99. The maximum Gasteiger partial charge on any atom is 0.335 e. The van der Waals surface area contributed by atoms with E-state index in [1.807, 2.05) is 0 Å². The summed E-state index contributed by atoms with van der Waals surface area (Å²) in [7, 11) is 0. The summed E-state index contributed by atoms with van der Waals surface area (Å²) in [5.41, 5.74) is 6.10. The minimum absolute atomic E-state index is 0.0875. The lowest BCUT2D eigenvalue weighted by Gasteiger charge is -2.04. The molecule has 2 aromatic rings. The van der Waals surface area contributed by atoms with E-state index in [2.05, 4.69) is 10.2 Å². The van der Waals surface area contributed by atoms with E-state index in [0.29, 0.717) is 10.6 Å². The smallest absolute Gasteiger partial charge is 0.335 e. The maximum atomic E-state index is 11.1. The van der Waals surface area contributed by atoms with Gasteiger partial charge in [0.2, 0.25) is 0 Å². The number of carboxylic acid groups (broad SMARTS) is 1. The third-order valence-electron chi connectivity index (χ3n) is 2.55. The van der Waals surface area contributed by atoms with Gasteiger partial charge >= 0.3 is 5.97 Å². The molecule has 0 aliphatic rings. The summed E-state index contributed by atoms with van der Waals surface area (Å²) in [6.07, 6.45) is 0. The molecule has 0 saturated heterocycles. The summed E-state index contributed by atoms with van der Waals surface area (Å²) >= 11 is 1.26. The summed E-state index contributed by atoms with van der Waals surface area (Å²) in [6.45, 7) is 1.74. The fourth-order valence-electron chi connectivity index (χ4n) is 1.52. The molecule has 102 valence electrons. The number of hydrogen-bond donors (Lipinski definition) is 2. The van der Waals surface area contributed by atoms with Crippen molar-refractivity contribution in [1.29, 1.82) is 0 Å². The number of carbonyl (C=O) groups excluding carboxylic acids is 1. The number of nitrogens with zero attached hydrogens (tertiary/aromatic N) is 2. The number of aromatic nitrogens is 2. The number of hydrogen-bond acceptors (Lipinski definition) is 5. The molecule has 0 bridgehead atoms. The molecule has 0 saturated carbocycles. The second-order valence-electron chi connectivity index (χ2n) is 4.01. The number of aryl methyl sites for hydroxylation is 1. The molecule has 1 amide bonds. The van der Waals surface area contributed by atoms with Gasteiger partial charge in [0.25, 0.3) is 5.91 Å². The predicted molar refractivity (Wildman–Crippen MR) is 72.8 cm³/mol. The van der Waals surface area contributed by atoms with E-state index in [-0.39, 0.29) is 11.3 Å². The van der Waals surface area contributed by atoms with Crippen LogP contribution in [0.5, 0.6) is 0 Å². The first-order valence-corrected chi connectivity index (χ1v) is 6.44. The zero-order valence-electron chi connectivity index (χ0n) is 10.5. The van der Waals surface area contributed by atoms with Crippen molar-refractivity contribution in [3.05, 3.63) is 47.2 Å².